The normalized spacial score (nSPS) is 12.5. The van der Waals surface area contributed by atoms with Crippen LogP contribution in [0.2, 0.25) is 0 Å². The molecule has 0 unspecified atom stereocenters. The van der Waals surface area contributed by atoms with E-state index < -0.39 is 4.92 Å². The predicted molar refractivity (Wildman–Crippen MR) is 104 cm³/mol. The zero-order valence-corrected chi connectivity index (χ0v) is 15.1. The number of non-ortho nitro benzene ring substituents is 1. The number of rotatable bonds is 5. The van der Waals surface area contributed by atoms with Crippen LogP contribution in [-0.4, -0.2) is 16.7 Å². The maximum absolute atomic E-state index is 10.8. The van der Waals surface area contributed by atoms with Gasteiger partial charge in [-0.25, -0.2) is 4.98 Å². The Morgan fingerprint density at radius 3 is 2.79 bits per heavy atom. The molecular weight excluding hydrogens is 380 g/mol. The first-order valence-electron chi connectivity index (χ1n) is 8.11. The van der Waals surface area contributed by atoms with Gasteiger partial charge in [0.25, 0.3) is 5.69 Å². The minimum Gasteiger partial charge on any atom is -0.454 e. The largest absolute Gasteiger partial charge is 0.454 e. The second-order valence-corrected chi connectivity index (χ2v) is 6.58. The third-order valence-electron chi connectivity index (χ3n) is 3.98. The van der Waals surface area contributed by atoms with Crippen molar-refractivity contribution < 1.29 is 14.4 Å². The summed E-state index contributed by atoms with van der Waals surface area (Å²) in [6.45, 7) is 0.197. The van der Waals surface area contributed by atoms with Gasteiger partial charge in [0.05, 0.1) is 10.6 Å². The Hall–Kier alpha value is -3.90. The molecule has 28 heavy (non-hydrogen) atoms. The van der Waals surface area contributed by atoms with Crippen molar-refractivity contribution in [3.63, 3.8) is 0 Å². The number of allylic oxidation sites excluding steroid dienone is 1. The number of thiazole rings is 1. The van der Waals surface area contributed by atoms with Gasteiger partial charge in [0.2, 0.25) is 6.79 Å². The monoisotopic (exact) mass is 392 g/mol. The molecule has 8 nitrogen and oxygen atoms in total. The summed E-state index contributed by atoms with van der Waals surface area (Å²) in [4.78, 5) is 14.8. The average molecular weight is 392 g/mol. The molecule has 2 aromatic carbocycles. The van der Waals surface area contributed by atoms with Crippen molar-refractivity contribution in [2.24, 2.45) is 0 Å². The number of nitrogens with zero attached hydrogens (tertiary/aromatic N) is 3. The molecule has 1 N–H and O–H groups in total. The maximum Gasteiger partial charge on any atom is 0.269 e. The highest BCUT2D eigenvalue weighted by molar-refractivity contribution is 7.11. The molecule has 0 radical (unpaired) electrons. The van der Waals surface area contributed by atoms with Crippen molar-refractivity contribution in [3.05, 3.63) is 69.2 Å². The van der Waals surface area contributed by atoms with E-state index in [2.05, 4.69) is 16.4 Å². The van der Waals surface area contributed by atoms with Crippen LogP contribution >= 0.6 is 11.3 Å². The molecule has 0 spiro atoms. The van der Waals surface area contributed by atoms with Gasteiger partial charge in [-0.1, -0.05) is 0 Å². The van der Waals surface area contributed by atoms with E-state index in [9.17, 15) is 15.4 Å². The number of hydrogen-bond donors (Lipinski definition) is 1. The molecule has 0 fully saturated rings. The first kappa shape index (κ1) is 17.5. The average Bonchev–Trinajstić information content (AvgIpc) is 3.38. The number of anilines is 1. The minimum absolute atomic E-state index is 0.0183. The van der Waals surface area contributed by atoms with E-state index in [1.54, 1.807) is 30.5 Å². The molecule has 0 aliphatic carbocycles. The predicted octanol–water partition coefficient (Wildman–Crippen LogP) is 4.42. The second kappa shape index (κ2) is 7.38. The molecule has 2 heterocycles. The van der Waals surface area contributed by atoms with E-state index in [1.807, 2.05) is 11.4 Å². The van der Waals surface area contributed by atoms with Gasteiger partial charge in [-0.2, -0.15) is 5.26 Å². The molecule has 138 valence electrons. The number of benzene rings is 2. The lowest BCUT2D eigenvalue weighted by Gasteiger charge is -2.03. The van der Waals surface area contributed by atoms with Crippen LogP contribution in [0.15, 0.2) is 54.0 Å². The lowest BCUT2D eigenvalue weighted by molar-refractivity contribution is -0.384. The topological polar surface area (TPSA) is 110 Å². The molecule has 3 aromatic rings. The molecule has 9 heteroatoms. The van der Waals surface area contributed by atoms with E-state index in [0.29, 0.717) is 27.8 Å². The quantitative estimate of drug-likeness (QED) is 0.389. The Morgan fingerprint density at radius 1 is 1.25 bits per heavy atom. The number of nitriles is 1. The van der Waals surface area contributed by atoms with Gasteiger partial charge in [0, 0.05) is 41.0 Å². The SMILES string of the molecule is N#CC(=CNc1ccc2c(c1)OCO2)c1nc(-c2ccc([N+](=O)[O-])cc2)cs1. The number of fused-ring (bicyclic) bond motifs is 1. The van der Waals surface area contributed by atoms with E-state index >= 15 is 0 Å². The molecule has 0 amide bonds. The van der Waals surface area contributed by atoms with Crippen molar-refractivity contribution in [2.45, 2.75) is 0 Å². The first-order valence-corrected chi connectivity index (χ1v) is 8.99. The van der Waals surface area contributed by atoms with Crippen LogP contribution in [0.3, 0.4) is 0 Å². The molecule has 0 atom stereocenters. The van der Waals surface area contributed by atoms with E-state index in [-0.39, 0.29) is 12.5 Å². The molecule has 0 saturated heterocycles. The minimum atomic E-state index is -0.450. The summed E-state index contributed by atoms with van der Waals surface area (Å²) < 4.78 is 10.6. The summed E-state index contributed by atoms with van der Waals surface area (Å²) in [5.74, 6) is 1.33. The number of aromatic nitrogens is 1. The molecule has 0 saturated carbocycles. The van der Waals surface area contributed by atoms with Crippen molar-refractivity contribution >= 4 is 28.3 Å². The van der Waals surface area contributed by atoms with Crippen LogP contribution < -0.4 is 14.8 Å². The zero-order valence-electron chi connectivity index (χ0n) is 14.3. The number of nitro groups is 1. The van der Waals surface area contributed by atoms with Crippen LogP contribution in [0.1, 0.15) is 5.01 Å². The van der Waals surface area contributed by atoms with E-state index in [4.69, 9.17) is 9.47 Å². The first-order chi connectivity index (χ1) is 13.6. The fourth-order valence-corrected chi connectivity index (χ4v) is 3.36. The number of nitro benzene ring substituents is 1. The maximum atomic E-state index is 10.8. The Labute approximate surface area is 163 Å². The molecule has 0 bridgehead atoms. The van der Waals surface area contributed by atoms with E-state index in [1.165, 1.54) is 23.5 Å². The lowest BCUT2D eigenvalue weighted by atomic mass is 10.1. The molecule has 1 aliphatic heterocycles. The number of hydrogen-bond acceptors (Lipinski definition) is 8. The molecular formula is C19H12N4O4S. The van der Waals surface area contributed by atoms with Gasteiger partial charge in [0.1, 0.15) is 16.6 Å². The third-order valence-corrected chi connectivity index (χ3v) is 4.86. The Balaban J connectivity index is 1.53. The molecule has 1 aromatic heterocycles. The summed E-state index contributed by atoms with van der Waals surface area (Å²) in [5.41, 5.74) is 2.54. The Morgan fingerprint density at radius 2 is 2.04 bits per heavy atom. The van der Waals surface area contributed by atoms with Crippen LogP contribution in [0, 0.1) is 21.4 Å². The zero-order chi connectivity index (χ0) is 19.5. The summed E-state index contributed by atoms with van der Waals surface area (Å²) in [6.07, 6.45) is 1.58. The fraction of sp³-hybridized carbons (Fsp3) is 0.0526. The van der Waals surface area contributed by atoms with Crippen molar-refractivity contribution in [1.82, 2.24) is 4.98 Å². The Bertz CT molecular complexity index is 1120. The van der Waals surface area contributed by atoms with Gasteiger partial charge in [-0.15, -0.1) is 11.3 Å². The van der Waals surface area contributed by atoms with Gasteiger partial charge >= 0.3 is 0 Å². The third kappa shape index (κ3) is 3.49. The molecule has 1 aliphatic rings. The van der Waals surface area contributed by atoms with E-state index in [0.717, 1.165) is 11.3 Å². The highest BCUT2D eigenvalue weighted by atomic mass is 32.1. The van der Waals surface area contributed by atoms with Crippen molar-refractivity contribution in [3.8, 4) is 28.8 Å². The number of nitrogens with one attached hydrogen (secondary N) is 1. The van der Waals surface area contributed by atoms with Crippen LogP contribution in [0.4, 0.5) is 11.4 Å². The van der Waals surface area contributed by atoms with Gasteiger partial charge in [-0.3, -0.25) is 10.1 Å². The van der Waals surface area contributed by atoms with Crippen molar-refractivity contribution in [1.29, 1.82) is 5.26 Å². The van der Waals surface area contributed by atoms with Crippen LogP contribution in [0.5, 0.6) is 11.5 Å². The summed E-state index contributed by atoms with van der Waals surface area (Å²) in [7, 11) is 0. The second-order valence-electron chi connectivity index (χ2n) is 5.72. The van der Waals surface area contributed by atoms with Gasteiger partial charge in [-0.05, 0) is 24.3 Å². The summed E-state index contributed by atoms with van der Waals surface area (Å²) >= 11 is 1.32. The highest BCUT2D eigenvalue weighted by Gasteiger charge is 2.14. The smallest absolute Gasteiger partial charge is 0.269 e. The fourth-order valence-electron chi connectivity index (χ4n) is 2.57. The van der Waals surface area contributed by atoms with Crippen LogP contribution in [0.25, 0.3) is 16.8 Å². The highest BCUT2D eigenvalue weighted by Crippen LogP contribution is 2.34. The lowest BCUT2D eigenvalue weighted by Crippen LogP contribution is -1.93. The standard InChI is InChI=1S/C19H12N4O4S/c20-8-13(9-21-14-3-6-17-18(7-14)27-11-26-17)19-22-16(10-28-19)12-1-4-15(5-2-12)23(24)25/h1-7,9-10,21H,11H2. The van der Waals surface area contributed by atoms with Gasteiger partial charge < -0.3 is 14.8 Å². The molecule has 4 rings (SSSR count). The van der Waals surface area contributed by atoms with Gasteiger partial charge in [0.15, 0.2) is 11.5 Å². The van der Waals surface area contributed by atoms with Crippen molar-refractivity contribution in [2.75, 3.05) is 12.1 Å². The summed E-state index contributed by atoms with van der Waals surface area (Å²) in [5, 5.41) is 25.7. The summed E-state index contributed by atoms with van der Waals surface area (Å²) in [6, 6.07) is 13.7. The number of ether oxygens (including phenoxy) is 2. The van der Waals surface area contributed by atoms with Crippen LogP contribution in [-0.2, 0) is 0 Å². The Kier molecular flexibility index (Phi) is 4.62.